The summed E-state index contributed by atoms with van der Waals surface area (Å²) in [6.45, 7) is 0. The Kier molecular flexibility index (Phi) is 5.86. The van der Waals surface area contributed by atoms with Crippen LogP contribution in [0.1, 0.15) is 10.4 Å². The second-order valence-corrected chi connectivity index (χ2v) is 8.12. The van der Waals surface area contributed by atoms with Crippen molar-refractivity contribution in [2.75, 3.05) is 24.3 Å². The highest BCUT2D eigenvalue weighted by atomic mass is 32.2. The van der Waals surface area contributed by atoms with Gasteiger partial charge in [-0.25, -0.2) is 8.42 Å². The molecule has 2 aromatic carbocycles. The monoisotopic (exact) mass is 418 g/mol. The molecule has 0 radical (unpaired) electrons. The van der Waals surface area contributed by atoms with Crippen LogP contribution < -0.4 is 19.5 Å². The lowest BCUT2D eigenvalue weighted by Crippen LogP contribution is -2.15. The van der Waals surface area contributed by atoms with Gasteiger partial charge in [0.15, 0.2) is 0 Å². The number of hydrogen-bond acceptors (Lipinski definition) is 6. The summed E-state index contributed by atoms with van der Waals surface area (Å²) in [6.07, 6.45) is 0. The number of thiophene rings is 1. The van der Waals surface area contributed by atoms with Gasteiger partial charge in [-0.3, -0.25) is 9.52 Å². The molecule has 0 unspecified atom stereocenters. The molecule has 9 heteroatoms. The van der Waals surface area contributed by atoms with E-state index in [2.05, 4.69) is 10.0 Å². The standard InChI is InChI=1S/C19H18N2O5S2/c1-25-15-5-3-14(4-6-15)21-28(23,24)16-7-8-18(26-2)17(11-16)20-19(22)13-9-10-27-12-13/h3-12,21H,1-2H3,(H,20,22). The zero-order chi connectivity index (χ0) is 20.1. The van der Waals surface area contributed by atoms with E-state index in [1.165, 1.54) is 43.8 Å². The molecule has 146 valence electrons. The third-order valence-electron chi connectivity index (χ3n) is 3.86. The van der Waals surface area contributed by atoms with Crippen molar-refractivity contribution < 1.29 is 22.7 Å². The van der Waals surface area contributed by atoms with E-state index in [9.17, 15) is 13.2 Å². The first-order chi connectivity index (χ1) is 13.4. The summed E-state index contributed by atoms with van der Waals surface area (Å²) < 4.78 is 38.2. The van der Waals surface area contributed by atoms with Crippen LogP contribution in [0.3, 0.4) is 0 Å². The molecule has 28 heavy (non-hydrogen) atoms. The van der Waals surface area contributed by atoms with Crippen LogP contribution in [0.4, 0.5) is 11.4 Å². The number of rotatable bonds is 7. The number of anilines is 2. The van der Waals surface area contributed by atoms with Gasteiger partial charge in [-0.15, -0.1) is 0 Å². The molecule has 3 rings (SSSR count). The fraction of sp³-hybridized carbons (Fsp3) is 0.105. The highest BCUT2D eigenvalue weighted by molar-refractivity contribution is 7.92. The van der Waals surface area contributed by atoms with Crippen molar-refractivity contribution >= 4 is 38.6 Å². The second kappa shape index (κ2) is 8.32. The summed E-state index contributed by atoms with van der Waals surface area (Å²) in [7, 11) is -0.892. The molecule has 0 atom stereocenters. The Morgan fingerprint density at radius 1 is 1.00 bits per heavy atom. The average Bonchev–Trinajstić information content (AvgIpc) is 3.23. The first kappa shape index (κ1) is 19.7. The minimum Gasteiger partial charge on any atom is -0.497 e. The Balaban J connectivity index is 1.87. The van der Waals surface area contributed by atoms with Crippen LogP contribution in [0.15, 0.2) is 64.2 Å². The third-order valence-corrected chi connectivity index (χ3v) is 5.92. The van der Waals surface area contributed by atoms with Crippen molar-refractivity contribution in [3.05, 3.63) is 64.9 Å². The molecule has 0 saturated heterocycles. The van der Waals surface area contributed by atoms with Gasteiger partial charge in [0.05, 0.1) is 30.4 Å². The summed E-state index contributed by atoms with van der Waals surface area (Å²) in [5.74, 6) is 0.620. The molecule has 1 amide bonds. The Labute approximate surface area is 167 Å². The lowest BCUT2D eigenvalue weighted by molar-refractivity contribution is 0.102. The Bertz CT molecular complexity index is 1060. The SMILES string of the molecule is COc1ccc(NS(=O)(=O)c2ccc(OC)c(NC(=O)c3ccsc3)c2)cc1. The molecule has 0 aliphatic carbocycles. The van der Waals surface area contributed by atoms with Crippen molar-refractivity contribution in [3.8, 4) is 11.5 Å². The molecule has 3 aromatic rings. The van der Waals surface area contributed by atoms with Gasteiger partial charge in [-0.2, -0.15) is 11.3 Å². The number of benzene rings is 2. The lowest BCUT2D eigenvalue weighted by Gasteiger charge is -2.13. The fourth-order valence-electron chi connectivity index (χ4n) is 2.41. The van der Waals surface area contributed by atoms with E-state index >= 15 is 0 Å². The van der Waals surface area contributed by atoms with Gasteiger partial charge in [0.25, 0.3) is 15.9 Å². The molecule has 0 saturated carbocycles. The number of carbonyl (C=O) groups is 1. The van der Waals surface area contributed by atoms with Gasteiger partial charge in [-0.1, -0.05) is 0 Å². The number of hydrogen-bond donors (Lipinski definition) is 2. The number of sulfonamides is 1. The van der Waals surface area contributed by atoms with E-state index < -0.39 is 10.0 Å². The van der Waals surface area contributed by atoms with Crippen molar-refractivity contribution in [2.45, 2.75) is 4.90 Å². The number of amides is 1. The maximum Gasteiger partial charge on any atom is 0.261 e. The number of carbonyl (C=O) groups excluding carboxylic acids is 1. The normalized spacial score (nSPS) is 10.9. The maximum atomic E-state index is 12.7. The van der Waals surface area contributed by atoms with Gasteiger partial charge in [0.2, 0.25) is 0 Å². The van der Waals surface area contributed by atoms with E-state index in [4.69, 9.17) is 9.47 Å². The van der Waals surface area contributed by atoms with Gasteiger partial charge >= 0.3 is 0 Å². The van der Waals surface area contributed by atoms with E-state index in [0.717, 1.165) is 0 Å². The van der Waals surface area contributed by atoms with Crippen molar-refractivity contribution in [2.24, 2.45) is 0 Å². The molecule has 0 aliphatic rings. The molecule has 2 N–H and O–H groups in total. The van der Waals surface area contributed by atoms with Crippen molar-refractivity contribution in [3.63, 3.8) is 0 Å². The quantitative estimate of drug-likeness (QED) is 0.608. The van der Waals surface area contributed by atoms with Crippen LogP contribution in [-0.4, -0.2) is 28.5 Å². The van der Waals surface area contributed by atoms with Crippen LogP contribution in [-0.2, 0) is 10.0 Å². The molecule has 1 aromatic heterocycles. The molecular formula is C19H18N2O5S2. The maximum absolute atomic E-state index is 12.7. The van der Waals surface area contributed by atoms with Gasteiger partial charge in [0, 0.05) is 11.1 Å². The zero-order valence-corrected chi connectivity index (χ0v) is 16.8. The number of methoxy groups -OCH3 is 2. The summed E-state index contributed by atoms with van der Waals surface area (Å²) in [5, 5.41) is 6.17. The van der Waals surface area contributed by atoms with E-state index in [0.29, 0.717) is 22.7 Å². The predicted molar refractivity (Wildman–Crippen MR) is 109 cm³/mol. The minimum absolute atomic E-state index is 0.00950. The van der Waals surface area contributed by atoms with Crippen LogP contribution in [0.2, 0.25) is 0 Å². The highest BCUT2D eigenvalue weighted by Gasteiger charge is 2.18. The molecule has 0 fully saturated rings. The Morgan fingerprint density at radius 3 is 2.36 bits per heavy atom. The molecular weight excluding hydrogens is 400 g/mol. The summed E-state index contributed by atoms with van der Waals surface area (Å²) in [6, 6.07) is 12.4. The Morgan fingerprint density at radius 2 is 1.75 bits per heavy atom. The number of nitrogens with one attached hydrogen (secondary N) is 2. The van der Waals surface area contributed by atoms with Crippen LogP contribution >= 0.6 is 11.3 Å². The molecule has 0 spiro atoms. The largest absolute Gasteiger partial charge is 0.497 e. The molecule has 1 heterocycles. The van der Waals surface area contributed by atoms with Gasteiger partial charge in [0.1, 0.15) is 11.5 Å². The smallest absolute Gasteiger partial charge is 0.261 e. The van der Waals surface area contributed by atoms with Crippen LogP contribution in [0.5, 0.6) is 11.5 Å². The van der Waals surface area contributed by atoms with Crippen molar-refractivity contribution in [1.82, 2.24) is 0 Å². The van der Waals surface area contributed by atoms with Crippen LogP contribution in [0, 0.1) is 0 Å². The predicted octanol–water partition coefficient (Wildman–Crippen LogP) is 3.82. The minimum atomic E-state index is -3.87. The average molecular weight is 418 g/mol. The first-order valence-electron chi connectivity index (χ1n) is 8.11. The highest BCUT2D eigenvalue weighted by Crippen LogP contribution is 2.29. The van der Waals surface area contributed by atoms with Gasteiger partial charge in [-0.05, 0) is 53.9 Å². The summed E-state index contributed by atoms with van der Waals surface area (Å²) >= 11 is 1.39. The topological polar surface area (TPSA) is 93.7 Å². The fourth-order valence-corrected chi connectivity index (χ4v) is 4.13. The summed E-state index contributed by atoms with van der Waals surface area (Å²) in [4.78, 5) is 12.3. The molecule has 0 aliphatic heterocycles. The van der Waals surface area contributed by atoms with E-state index in [1.807, 2.05) is 0 Å². The third kappa shape index (κ3) is 4.44. The zero-order valence-electron chi connectivity index (χ0n) is 15.1. The van der Waals surface area contributed by atoms with Crippen molar-refractivity contribution in [1.29, 1.82) is 0 Å². The van der Waals surface area contributed by atoms with Gasteiger partial charge < -0.3 is 14.8 Å². The lowest BCUT2D eigenvalue weighted by atomic mass is 10.2. The number of ether oxygens (including phenoxy) is 2. The van der Waals surface area contributed by atoms with Crippen LogP contribution in [0.25, 0.3) is 0 Å². The van der Waals surface area contributed by atoms with E-state index in [-0.39, 0.29) is 16.5 Å². The second-order valence-electron chi connectivity index (χ2n) is 5.66. The summed E-state index contributed by atoms with van der Waals surface area (Å²) in [5.41, 5.74) is 1.13. The first-order valence-corrected chi connectivity index (χ1v) is 10.5. The molecule has 0 bridgehead atoms. The molecule has 7 nitrogen and oxygen atoms in total. The van der Waals surface area contributed by atoms with E-state index in [1.54, 1.807) is 41.1 Å². The Hall–Kier alpha value is -3.04.